The van der Waals surface area contributed by atoms with Crippen molar-refractivity contribution in [1.29, 1.82) is 0 Å². The molecule has 0 unspecified atom stereocenters. The SMILES string of the molecule is SNCCOCCNS. The summed E-state index contributed by atoms with van der Waals surface area (Å²) in [6.45, 7) is 2.93. The lowest BCUT2D eigenvalue weighted by molar-refractivity contribution is 0.145. The Morgan fingerprint density at radius 1 is 1.00 bits per heavy atom. The number of thiol groups is 2. The minimum atomic E-state index is 0.693. The van der Waals surface area contributed by atoms with Crippen LogP contribution in [0.15, 0.2) is 0 Å². The first-order chi connectivity index (χ1) is 4.41. The van der Waals surface area contributed by atoms with Crippen LogP contribution >= 0.6 is 25.6 Å². The van der Waals surface area contributed by atoms with Crippen molar-refractivity contribution in [3.63, 3.8) is 0 Å². The molecule has 5 heteroatoms. The molecule has 0 saturated carbocycles. The molecule has 0 aliphatic heterocycles. The molecular weight excluding hydrogens is 156 g/mol. The zero-order chi connectivity index (χ0) is 6.95. The third-order valence-electron chi connectivity index (χ3n) is 0.716. The van der Waals surface area contributed by atoms with E-state index in [1.165, 1.54) is 0 Å². The molecule has 56 valence electrons. The van der Waals surface area contributed by atoms with E-state index in [9.17, 15) is 0 Å². The van der Waals surface area contributed by atoms with Gasteiger partial charge in [-0.2, -0.15) is 0 Å². The fourth-order valence-electron chi connectivity index (χ4n) is 0.338. The number of rotatable bonds is 6. The van der Waals surface area contributed by atoms with Gasteiger partial charge in [0.25, 0.3) is 0 Å². The van der Waals surface area contributed by atoms with Gasteiger partial charge in [0.05, 0.1) is 13.2 Å². The van der Waals surface area contributed by atoms with Crippen molar-refractivity contribution in [1.82, 2.24) is 9.44 Å². The molecule has 3 nitrogen and oxygen atoms in total. The van der Waals surface area contributed by atoms with Crippen molar-refractivity contribution in [3.05, 3.63) is 0 Å². The van der Waals surface area contributed by atoms with Crippen LogP contribution in [0.1, 0.15) is 0 Å². The van der Waals surface area contributed by atoms with Crippen LogP contribution in [-0.4, -0.2) is 26.3 Å². The third kappa shape index (κ3) is 8.58. The molecule has 0 radical (unpaired) electrons. The Bertz CT molecular complexity index is 49.8. The summed E-state index contributed by atoms with van der Waals surface area (Å²) in [5, 5.41) is 0. The molecule has 0 saturated heterocycles. The second-order valence-electron chi connectivity index (χ2n) is 1.43. The van der Waals surface area contributed by atoms with E-state index in [0.717, 1.165) is 13.1 Å². The van der Waals surface area contributed by atoms with Gasteiger partial charge in [0.2, 0.25) is 0 Å². The molecule has 0 bridgehead atoms. The van der Waals surface area contributed by atoms with Gasteiger partial charge in [-0.1, -0.05) is 25.6 Å². The highest BCUT2D eigenvalue weighted by molar-refractivity contribution is 7.78. The second-order valence-corrected chi connectivity index (χ2v) is 2.06. The smallest absolute Gasteiger partial charge is 0.0600 e. The van der Waals surface area contributed by atoms with Crippen LogP contribution in [0.2, 0.25) is 0 Å². The average Bonchev–Trinajstić information content (AvgIpc) is 1.89. The van der Waals surface area contributed by atoms with E-state index in [0.29, 0.717) is 13.2 Å². The van der Waals surface area contributed by atoms with Gasteiger partial charge in [-0.25, -0.2) is 0 Å². The molecule has 0 aromatic rings. The summed E-state index contributed by atoms with van der Waals surface area (Å²) in [5.74, 6) is 0. The first-order valence-electron chi connectivity index (χ1n) is 2.73. The lowest BCUT2D eigenvalue weighted by Gasteiger charge is -2.00. The molecule has 0 aromatic heterocycles. The summed E-state index contributed by atoms with van der Waals surface area (Å²) < 4.78 is 10.4. The Morgan fingerprint density at radius 2 is 1.44 bits per heavy atom. The summed E-state index contributed by atoms with van der Waals surface area (Å²) in [4.78, 5) is 0. The molecule has 0 atom stereocenters. The molecule has 0 spiro atoms. The van der Waals surface area contributed by atoms with Gasteiger partial charge in [0, 0.05) is 13.1 Å². The molecule has 0 heterocycles. The predicted octanol–water partition coefficient (Wildman–Crippen LogP) is -0.128. The quantitative estimate of drug-likeness (QED) is 0.329. The Hall–Kier alpha value is 0.580. The van der Waals surface area contributed by atoms with Crippen molar-refractivity contribution in [2.24, 2.45) is 0 Å². The van der Waals surface area contributed by atoms with Crippen LogP contribution in [0.25, 0.3) is 0 Å². The molecular formula is C4H12N2OS2. The minimum Gasteiger partial charge on any atom is -0.379 e. The van der Waals surface area contributed by atoms with E-state index < -0.39 is 0 Å². The fraction of sp³-hybridized carbons (Fsp3) is 1.00. The van der Waals surface area contributed by atoms with Crippen molar-refractivity contribution in [2.45, 2.75) is 0 Å². The van der Waals surface area contributed by atoms with Crippen molar-refractivity contribution in [2.75, 3.05) is 26.3 Å². The van der Waals surface area contributed by atoms with Crippen molar-refractivity contribution in [3.8, 4) is 0 Å². The normalized spacial score (nSPS) is 10.0. The maximum Gasteiger partial charge on any atom is 0.0600 e. The first kappa shape index (κ1) is 9.58. The van der Waals surface area contributed by atoms with Crippen LogP contribution in [-0.2, 0) is 4.74 Å². The van der Waals surface area contributed by atoms with Crippen LogP contribution in [0.3, 0.4) is 0 Å². The third-order valence-corrected chi connectivity index (χ3v) is 1.16. The standard InChI is InChI=1S/C4H12N2OS2/c8-5-1-3-7-4-2-6-9/h5-6,8-9H,1-4H2. The summed E-state index contributed by atoms with van der Waals surface area (Å²) in [6, 6.07) is 0. The zero-order valence-electron chi connectivity index (χ0n) is 5.13. The summed E-state index contributed by atoms with van der Waals surface area (Å²) in [5.41, 5.74) is 0. The lowest BCUT2D eigenvalue weighted by Crippen LogP contribution is -2.15. The molecule has 0 fully saturated rings. The monoisotopic (exact) mass is 168 g/mol. The maximum absolute atomic E-state index is 5.09. The van der Waals surface area contributed by atoms with Crippen LogP contribution in [0, 0.1) is 0 Å². The first-order valence-corrected chi connectivity index (χ1v) is 3.63. The van der Waals surface area contributed by atoms with Gasteiger partial charge in [0.15, 0.2) is 0 Å². The minimum absolute atomic E-state index is 0.693. The molecule has 0 aromatic carbocycles. The molecule has 9 heavy (non-hydrogen) atoms. The van der Waals surface area contributed by atoms with Gasteiger partial charge in [-0.05, 0) is 0 Å². The molecule has 2 N–H and O–H groups in total. The Labute approximate surface area is 66.6 Å². The van der Waals surface area contributed by atoms with E-state index in [1.807, 2.05) is 0 Å². The predicted molar refractivity (Wildman–Crippen MR) is 44.8 cm³/mol. The Kier molecular flexibility index (Phi) is 9.13. The maximum atomic E-state index is 5.09. The van der Waals surface area contributed by atoms with Gasteiger partial charge in [-0.15, -0.1) is 0 Å². The van der Waals surface area contributed by atoms with E-state index >= 15 is 0 Å². The average molecular weight is 168 g/mol. The van der Waals surface area contributed by atoms with E-state index in [2.05, 4.69) is 35.1 Å². The molecule has 0 aliphatic carbocycles. The zero-order valence-corrected chi connectivity index (χ0v) is 6.92. The van der Waals surface area contributed by atoms with Crippen LogP contribution in [0.5, 0.6) is 0 Å². The summed E-state index contributed by atoms with van der Waals surface area (Å²) in [7, 11) is 0. The van der Waals surface area contributed by atoms with Gasteiger partial charge in [-0.3, -0.25) is 9.44 Å². The molecule has 0 aliphatic rings. The van der Waals surface area contributed by atoms with Gasteiger partial charge < -0.3 is 4.74 Å². The van der Waals surface area contributed by atoms with Gasteiger partial charge >= 0.3 is 0 Å². The fourth-order valence-corrected chi connectivity index (χ4v) is 0.520. The summed E-state index contributed by atoms with van der Waals surface area (Å²) in [6.07, 6.45) is 0. The Balaban J connectivity index is 2.60. The van der Waals surface area contributed by atoms with Crippen molar-refractivity contribution < 1.29 is 4.74 Å². The number of hydrogen-bond acceptors (Lipinski definition) is 5. The number of ether oxygens (including phenoxy) is 1. The summed E-state index contributed by atoms with van der Waals surface area (Å²) >= 11 is 7.57. The van der Waals surface area contributed by atoms with Gasteiger partial charge in [0.1, 0.15) is 0 Å². The number of nitrogens with one attached hydrogen (secondary N) is 2. The topological polar surface area (TPSA) is 33.3 Å². The second kappa shape index (κ2) is 8.58. The van der Waals surface area contributed by atoms with E-state index in [4.69, 9.17) is 4.74 Å². The highest BCUT2D eigenvalue weighted by Gasteiger charge is 1.83. The molecule has 0 rings (SSSR count). The lowest BCUT2D eigenvalue weighted by atomic mass is 10.7. The van der Waals surface area contributed by atoms with E-state index in [-0.39, 0.29) is 0 Å². The largest absolute Gasteiger partial charge is 0.379 e. The van der Waals surface area contributed by atoms with Crippen LogP contribution in [0.4, 0.5) is 0 Å². The highest BCUT2D eigenvalue weighted by Crippen LogP contribution is 1.72. The van der Waals surface area contributed by atoms with Crippen molar-refractivity contribution >= 4 is 25.6 Å². The molecule has 0 amide bonds. The number of hydrogen-bond donors (Lipinski definition) is 4. The highest BCUT2D eigenvalue weighted by atomic mass is 32.1. The van der Waals surface area contributed by atoms with E-state index in [1.54, 1.807) is 0 Å². The Morgan fingerprint density at radius 3 is 1.78 bits per heavy atom. The van der Waals surface area contributed by atoms with Crippen LogP contribution < -0.4 is 9.44 Å².